The first-order valence-corrected chi connectivity index (χ1v) is 9.16. The summed E-state index contributed by atoms with van der Waals surface area (Å²) in [5, 5.41) is 0. The Labute approximate surface area is 131 Å². The van der Waals surface area contributed by atoms with E-state index in [1.54, 1.807) is 0 Å². The molecule has 1 unspecified atom stereocenters. The van der Waals surface area contributed by atoms with Crippen LogP contribution in [0, 0.1) is 0 Å². The number of fused-ring (bicyclic) bond motifs is 1. The summed E-state index contributed by atoms with van der Waals surface area (Å²) in [6.45, 7) is 0. The van der Waals surface area contributed by atoms with E-state index in [0.29, 0.717) is 12.8 Å². The van der Waals surface area contributed by atoms with E-state index in [9.17, 15) is 13.2 Å². The predicted molar refractivity (Wildman–Crippen MR) is 82.8 cm³/mol. The standard InChI is InChI=1S/C16H21NO4S/c1-21-15(18)16(10-5-11-16)22(19,20)17-14-9-4-7-12-6-2-3-8-13(12)14/h2-3,6,8,14,17H,4-5,7,9-11H2,1H3. The Morgan fingerprint density at radius 3 is 2.64 bits per heavy atom. The van der Waals surface area contributed by atoms with Crippen LogP contribution in [0.4, 0.5) is 0 Å². The molecule has 0 saturated heterocycles. The van der Waals surface area contributed by atoms with Crippen LogP contribution in [0.15, 0.2) is 24.3 Å². The van der Waals surface area contributed by atoms with Crippen molar-refractivity contribution in [2.24, 2.45) is 0 Å². The average molecular weight is 323 g/mol. The van der Waals surface area contributed by atoms with Crippen LogP contribution in [-0.4, -0.2) is 26.2 Å². The minimum Gasteiger partial charge on any atom is -0.468 e. The minimum atomic E-state index is -3.76. The smallest absolute Gasteiger partial charge is 0.328 e. The van der Waals surface area contributed by atoms with Gasteiger partial charge in [-0.05, 0) is 49.7 Å². The van der Waals surface area contributed by atoms with Gasteiger partial charge in [-0.1, -0.05) is 24.3 Å². The predicted octanol–water partition coefficient (Wildman–Crippen LogP) is 2.08. The van der Waals surface area contributed by atoms with Crippen molar-refractivity contribution in [3.63, 3.8) is 0 Å². The topological polar surface area (TPSA) is 72.5 Å². The zero-order chi connectivity index (χ0) is 15.8. The number of rotatable bonds is 4. The van der Waals surface area contributed by atoms with E-state index in [4.69, 9.17) is 4.74 Å². The SMILES string of the molecule is COC(=O)C1(S(=O)(=O)NC2CCCc3ccccc32)CCC1. The second-order valence-electron chi connectivity index (χ2n) is 6.10. The molecule has 0 bridgehead atoms. The number of benzene rings is 1. The number of carbonyl (C=O) groups is 1. The molecule has 120 valence electrons. The third-order valence-corrected chi connectivity index (χ3v) is 7.10. The second kappa shape index (κ2) is 5.66. The summed E-state index contributed by atoms with van der Waals surface area (Å²) in [4.78, 5) is 12.0. The lowest BCUT2D eigenvalue weighted by atomic mass is 9.84. The Kier molecular flexibility index (Phi) is 3.99. The molecule has 0 amide bonds. The summed E-state index contributed by atoms with van der Waals surface area (Å²) in [5.74, 6) is -0.643. The van der Waals surface area contributed by atoms with Gasteiger partial charge in [-0.15, -0.1) is 0 Å². The Hall–Kier alpha value is -1.40. The number of nitrogens with one attached hydrogen (secondary N) is 1. The molecule has 1 saturated carbocycles. The fourth-order valence-corrected chi connectivity index (χ4v) is 5.42. The number of esters is 1. The highest BCUT2D eigenvalue weighted by Crippen LogP contribution is 2.41. The molecule has 0 spiro atoms. The Morgan fingerprint density at radius 1 is 1.27 bits per heavy atom. The number of sulfonamides is 1. The van der Waals surface area contributed by atoms with Gasteiger partial charge in [-0.3, -0.25) is 4.79 Å². The van der Waals surface area contributed by atoms with Crippen LogP contribution in [0.2, 0.25) is 0 Å². The van der Waals surface area contributed by atoms with Gasteiger partial charge in [0.05, 0.1) is 7.11 Å². The number of carbonyl (C=O) groups excluding carboxylic acids is 1. The molecule has 3 rings (SSSR count). The van der Waals surface area contributed by atoms with Crippen molar-refractivity contribution < 1.29 is 17.9 Å². The van der Waals surface area contributed by atoms with Gasteiger partial charge in [0.1, 0.15) is 0 Å². The summed E-state index contributed by atoms with van der Waals surface area (Å²) < 4.78 is 31.7. The average Bonchev–Trinajstić information content (AvgIpc) is 2.45. The van der Waals surface area contributed by atoms with E-state index >= 15 is 0 Å². The molecule has 22 heavy (non-hydrogen) atoms. The van der Waals surface area contributed by atoms with Gasteiger partial charge in [0.15, 0.2) is 4.75 Å². The highest BCUT2D eigenvalue weighted by Gasteiger charge is 2.56. The zero-order valence-electron chi connectivity index (χ0n) is 12.7. The molecule has 1 aromatic rings. The van der Waals surface area contributed by atoms with Crippen molar-refractivity contribution in [2.45, 2.75) is 49.3 Å². The van der Waals surface area contributed by atoms with E-state index in [1.807, 2.05) is 24.3 Å². The van der Waals surface area contributed by atoms with Gasteiger partial charge in [-0.2, -0.15) is 0 Å². The van der Waals surface area contributed by atoms with E-state index in [-0.39, 0.29) is 6.04 Å². The Balaban J connectivity index is 1.88. The van der Waals surface area contributed by atoms with Crippen LogP contribution >= 0.6 is 0 Å². The third-order valence-electron chi connectivity index (χ3n) is 4.90. The van der Waals surface area contributed by atoms with Crippen molar-refractivity contribution in [1.82, 2.24) is 4.72 Å². The van der Waals surface area contributed by atoms with Crippen molar-refractivity contribution in [3.05, 3.63) is 35.4 Å². The lowest BCUT2D eigenvalue weighted by molar-refractivity contribution is -0.146. The number of methoxy groups -OCH3 is 1. The summed E-state index contributed by atoms with van der Waals surface area (Å²) in [5.41, 5.74) is 2.21. The molecule has 1 N–H and O–H groups in total. The van der Waals surface area contributed by atoms with Gasteiger partial charge >= 0.3 is 5.97 Å². The number of hydrogen-bond acceptors (Lipinski definition) is 4. The van der Waals surface area contributed by atoms with Crippen LogP contribution in [0.5, 0.6) is 0 Å². The summed E-state index contributed by atoms with van der Waals surface area (Å²) >= 11 is 0. The molecule has 2 aliphatic carbocycles. The fourth-order valence-electron chi connectivity index (χ4n) is 3.44. The summed E-state index contributed by atoms with van der Waals surface area (Å²) in [7, 11) is -2.52. The van der Waals surface area contributed by atoms with Crippen LogP contribution in [-0.2, 0) is 26.0 Å². The molecule has 1 fully saturated rings. The largest absolute Gasteiger partial charge is 0.468 e. The number of aryl methyl sites for hydroxylation is 1. The zero-order valence-corrected chi connectivity index (χ0v) is 13.5. The number of ether oxygens (including phenoxy) is 1. The molecular formula is C16H21NO4S. The molecule has 0 radical (unpaired) electrons. The van der Waals surface area contributed by atoms with Crippen LogP contribution in [0.1, 0.15) is 49.3 Å². The normalized spacial score (nSPS) is 23.2. The molecule has 0 heterocycles. The third kappa shape index (κ3) is 2.34. The lowest BCUT2D eigenvalue weighted by Gasteiger charge is -2.39. The van der Waals surface area contributed by atoms with E-state index in [2.05, 4.69) is 4.72 Å². The first-order valence-electron chi connectivity index (χ1n) is 7.68. The fraction of sp³-hybridized carbons (Fsp3) is 0.562. The van der Waals surface area contributed by atoms with Crippen LogP contribution < -0.4 is 4.72 Å². The van der Waals surface area contributed by atoms with Crippen molar-refractivity contribution in [3.8, 4) is 0 Å². The highest BCUT2D eigenvalue weighted by molar-refractivity contribution is 7.91. The Morgan fingerprint density at radius 2 is 2.00 bits per heavy atom. The molecule has 5 nitrogen and oxygen atoms in total. The van der Waals surface area contributed by atoms with Crippen molar-refractivity contribution >= 4 is 16.0 Å². The maximum absolute atomic E-state index is 12.8. The van der Waals surface area contributed by atoms with Gasteiger partial charge in [0, 0.05) is 6.04 Å². The molecule has 0 aliphatic heterocycles. The monoisotopic (exact) mass is 323 g/mol. The lowest BCUT2D eigenvalue weighted by Crippen LogP contribution is -2.57. The van der Waals surface area contributed by atoms with E-state index in [0.717, 1.165) is 31.2 Å². The first kappa shape index (κ1) is 15.5. The summed E-state index contributed by atoms with van der Waals surface area (Å²) in [6, 6.07) is 7.64. The van der Waals surface area contributed by atoms with E-state index < -0.39 is 20.7 Å². The van der Waals surface area contributed by atoms with Crippen LogP contribution in [0.25, 0.3) is 0 Å². The molecule has 1 atom stereocenters. The van der Waals surface area contributed by atoms with Crippen molar-refractivity contribution in [2.75, 3.05) is 7.11 Å². The van der Waals surface area contributed by atoms with Crippen molar-refractivity contribution in [1.29, 1.82) is 0 Å². The maximum atomic E-state index is 12.8. The van der Waals surface area contributed by atoms with Gasteiger partial charge in [-0.25, -0.2) is 13.1 Å². The highest BCUT2D eigenvalue weighted by atomic mass is 32.2. The molecule has 1 aromatic carbocycles. The number of hydrogen-bond donors (Lipinski definition) is 1. The van der Waals surface area contributed by atoms with Gasteiger partial charge < -0.3 is 4.74 Å². The quantitative estimate of drug-likeness (QED) is 0.861. The minimum absolute atomic E-state index is 0.253. The second-order valence-corrected chi connectivity index (χ2v) is 8.13. The Bertz CT molecular complexity index is 679. The maximum Gasteiger partial charge on any atom is 0.328 e. The van der Waals surface area contributed by atoms with Crippen LogP contribution in [0.3, 0.4) is 0 Å². The van der Waals surface area contributed by atoms with Gasteiger partial charge in [0.2, 0.25) is 10.0 Å². The molecule has 0 aromatic heterocycles. The van der Waals surface area contributed by atoms with Gasteiger partial charge in [0.25, 0.3) is 0 Å². The molecule has 6 heteroatoms. The molecule has 2 aliphatic rings. The first-order chi connectivity index (χ1) is 10.5. The molecular weight excluding hydrogens is 302 g/mol. The summed E-state index contributed by atoms with van der Waals surface area (Å²) in [6.07, 6.45) is 4.07. The van der Waals surface area contributed by atoms with E-state index in [1.165, 1.54) is 12.7 Å².